The number of benzene rings is 2. The van der Waals surface area contributed by atoms with Gasteiger partial charge in [-0.3, -0.25) is 4.79 Å². The molecule has 1 amide bonds. The molecule has 0 fully saturated rings. The Balaban J connectivity index is 1.91. The van der Waals surface area contributed by atoms with E-state index >= 15 is 0 Å². The molecule has 0 saturated heterocycles. The van der Waals surface area contributed by atoms with Crippen molar-refractivity contribution in [1.29, 1.82) is 0 Å². The van der Waals surface area contributed by atoms with E-state index in [1.54, 1.807) is 54.6 Å². The van der Waals surface area contributed by atoms with Gasteiger partial charge >= 0.3 is 11.9 Å². The standard InChI is InChI=1S/C23H19NO5S/c1-28-22(26)18-11-7-6-10-17(18)20-13-12-16(30-20)14-19(23(27)29-2)24-21(25)15-8-4-3-5-9-15/h3-14H,1-2H3,(H,24,25)/b19-14+. The molecule has 0 spiro atoms. The first kappa shape index (κ1) is 21.0. The van der Waals surface area contributed by atoms with Gasteiger partial charge in [-0.1, -0.05) is 36.4 Å². The fourth-order valence-corrected chi connectivity index (χ4v) is 3.73. The quantitative estimate of drug-likeness (QED) is 0.478. The van der Waals surface area contributed by atoms with Crippen molar-refractivity contribution in [3.63, 3.8) is 0 Å². The highest BCUT2D eigenvalue weighted by molar-refractivity contribution is 7.16. The van der Waals surface area contributed by atoms with Crippen LogP contribution in [-0.4, -0.2) is 32.1 Å². The number of methoxy groups -OCH3 is 2. The van der Waals surface area contributed by atoms with E-state index in [9.17, 15) is 14.4 Å². The molecular formula is C23H19NO5S. The maximum absolute atomic E-state index is 12.4. The van der Waals surface area contributed by atoms with Crippen molar-refractivity contribution in [2.75, 3.05) is 14.2 Å². The first-order chi connectivity index (χ1) is 14.5. The van der Waals surface area contributed by atoms with Crippen LogP contribution < -0.4 is 5.32 Å². The third-order valence-corrected chi connectivity index (χ3v) is 5.27. The van der Waals surface area contributed by atoms with E-state index in [1.807, 2.05) is 18.2 Å². The van der Waals surface area contributed by atoms with Crippen LogP contribution in [0, 0.1) is 0 Å². The van der Waals surface area contributed by atoms with Crippen molar-refractivity contribution in [3.05, 3.63) is 88.4 Å². The number of esters is 2. The molecule has 6 nitrogen and oxygen atoms in total. The van der Waals surface area contributed by atoms with Crippen molar-refractivity contribution in [2.45, 2.75) is 0 Å². The van der Waals surface area contributed by atoms with Gasteiger partial charge in [-0.2, -0.15) is 0 Å². The minimum Gasteiger partial charge on any atom is -0.465 e. The van der Waals surface area contributed by atoms with Crippen LogP contribution in [0.5, 0.6) is 0 Å². The number of hydrogen-bond donors (Lipinski definition) is 1. The summed E-state index contributed by atoms with van der Waals surface area (Å²) in [7, 11) is 2.58. The Labute approximate surface area is 177 Å². The van der Waals surface area contributed by atoms with Crippen molar-refractivity contribution in [2.24, 2.45) is 0 Å². The average molecular weight is 421 g/mol. The lowest BCUT2D eigenvalue weighted by Crippen LogP contribution is -2.27. The first-order valence-electron chi connectivity index (χ1n) is 8.97. The summed E-state index contributed by atoms with van der Waals surface area (Å²) in [6.45, 7) is 0. The number of hydrogen-bond acceptors (Lipinski definition) is 6. The molecule has 152 valence electrons. The maximum Gasteiger partial charge on any atom is 0.354 e. The summed E-state index contributed by atoms with van der Waals surface area (Å²) in [4.78, 5) is 38.2. The van der Waals surface area contributed by atoms with Gasteiger partial charge in [-0.05, 0) is 36.4 Å². The molecule has 0 aliphatic heterocycles. The van der Waals surface area contributed by atoms with E-state index in [4.69, 9.17) is 9.47 Å². The van der Waals surface area contributed by atoms with E-state index < -0.39 is 17.8 Å². The molecule has 0 atom stereocenters. The van der Waals surface area contributed by atoms with Gasteiger partial charge in [0, 0.05) is 20.9 Å². The monoisotopic (exact) mass is 421 g/mol. The maximum atomic E-state index is 12.4. The number of carbonyl (C=O) groups is 3. The lowest BCUT2D eigenvalue weighted by Gasteiger charge is -2.08. The second kappa shape index (κ2) is 9.67. The topological polar surface area (TPSA) is 81.7 Å². The minimum absolute atomic E-state index is 0.0148. The smallest absolute Gasteiger partial charge is 0.354 e. The van der Waals surface area contributed by atoms with Crippen LogP contribution >= 0.6 is 11.3 Å². The summed E-state index contributed by atoms with van der Waals surface area (Å²) in [5.41, 5.74) is 1.61. The van der Waals surface area contributed by atoms with Gasteiger partial charge in [0.2, 0.25) is 0 Å². The predicted octanol–water partition coefficient (Wildman–Crippen LogP) is 4.15. The van der Waals surface area contributed by atoms with E-state index in [0.717, 1.165) is 10.4 Å². The van der Waals surface area contributed by atoms with Gasteiger partial charge in [0.05, 0.1) is 19.8 Å². The highest BCUT2D eigenvalue weighted by Gasteiger charge is 2.17. The molecule has 0 saturated carbocycles. The number of carbonyl (C=O) groups excluding carboxylic acids is 3. The average Bonchev–Trinajstić information content (AvgIpc) is 3.26. The molecule has 0 bridgehead atoms. The Morgan fingerprint density at radius 1 is 0.867 bits per heavy atom. The van der Waals surface area contributed by atoms with Crippen molar-refractivity contribution in [1.82, 2.24) is 5.32 Å². The lowest BCUT2D eigenvalue weighted by molar-refractivity contribution is -0.136. The second-order valence-corrected chi connectivity index (χ2v) is 7.22. The molecular weight excluding hydrogens is 402 g/mol. The SMILES string of the molecule is COC(=O)/C(=C\c1ccc(-c2ccccc2C(=O)OC)s1)NC(=O)c1ccccc1. The summed E-state index contributed by atoms with van der Waals surface area (Å²) >= 11 is 1.36. The van der Waals surface area contributed by atoms with E-state index in [-0.39, 0.29) is 5.70 Å². The molecule has 0 aliphatic rings. The van der Waals surface area contributed by atoms with Gasteiger partial charge < -0.3 is 14.8 Å². The van der Waals surface area contributed by atoms with E-state index in [2.05, 4.69) is 5.32 Å². The predicted molar refractivity (Wildman–Crippen MR) is 115 cm³/mol. The van der Waals surface area contributed by atoms with Gasteiger partial charge in [0.25, 0.3) is 5.91 Å². The molecule has 7 heteroatoms. The molecule has 2 aromatic carbocycles. The molecule has 1 N–H and O–H groups in total. The van der Waals surface area contributed by atoms with Gasteiger partial charge in [-0.15, -0.1) is 11.3 Å². The summed E-state index contributed by atoms with van der Waals surface area (Å²) in [5, 5.41) is 2.60. The highest BCUT2D eigenvalue weighted by Crippen LogP contribution is 2.32. The molecule has 3 rings (SSSR count). The fourth-order valence-electron chi connectivity index (χ4n) is 2.74. The van der Waals surface area contributed by atoms with Crippen LogP contribution in [0.1, 0.15) is 25.6 Å². The van der Waals surface area contributed by atoms with Crippen molar-refractivity contribution >= 4 is 35.3 Å². The number of thiophene rings is 1. The molecule has 1 aromatic heterocycles. The summed E-state index contributed by atoms with van der Waals surface area (Å²) < 4.78 is 9.65. The number of rotatable bonds is 6. The van der Waals surface area contributed by atoms with Crippen LogP contribution in [0.2, 0.25) is 0 Å². The molecule has 0 unspecified atom stereocenters. The summed E-state index contributed by atoms with van der Waals surface area (Å²) in [6.07, 6.45) is 1.54. The Hall–Kier alpha value is -3.71. The molecule has 1 heterocycles. The number of ether oxygens (including phenoxy) is 2. The van der Waals surface area contributed by atoms with Crippen molar-refractivity contribution in [3.8, 4) is 10.4 Å². The number of amides is 1. The van der Waals surface area contributed by atoms with Crippen LogP contribution in [0.25, 0.3) is 16.5 Å². The minimum atomic E-state index is -0.663. The summed E-state index contributed by atoms with van der Waals surface area (Å²) in [5.74, 6) is -1.51. The number of nitrogens with one attached hydrogen (secondary N) is 1. The lowest BCUT2D eigenvalue weighted by atomic mass is 10.1. The molecule has 0 radical (unpaired) electrons. The third-order valence-electron chi connectivity index (χ3n) is 4.20. The van der Waals surface area contributed by atoms with Crippen LogP contribution in [0.4, 0.5) is 0 Å². The Morgan fingerprint density at radius 3 is 2.27 bits per heavy atom. The zero-order chi connectivity index (χ0) is 21.5. The van der Waals surface area contributed by atoms with Crippen LogP contribution in [-0.2, 0) is 14.3 Å². The zero-order valence-electron chi connectivity index (χ0n) is 16.4. The Kier molecular flexibility index (Phi) is 6.77. The van der Waals surface area contributed by atoms with Crippen LogP contribution in [0.15, 0.2) is 72.4 Å². The van der Waals surface area contributed by atoms with Gasteiger partial charge in [0.1, 0.15) is 5.70 Å². The fraction of sp³-hybridized carbons (Fsp3) is 0.0870. The van der Waals surface area contributed by atoms with Crippen LogP contribution in [0.3, 0.4) is 0 Å². The normalized spacial score (nSPS) is 10.9. The second-order valence-electron chi connectivity index (χ2n) is 6.11. The highest BCUT2D eigenvalue weighted by atomic mass is 32.1. The van der Waals surface area contributed by atoms with Crippen molar-refractivity contribution < 1.29 is 23.9 Å². The molecule has 0 aliphatic carbocycles. The summed E-state index contributed by atoms with van der Waals surface area (Å²) in [6, 6.07) is 19.3. The van der Waals surface area contributed by atoms with Gasteiger partial charge in [0.15, 0.2) is 0 Å². The molecule has 3 aromatic rings. The first-order valence-corrected chi connectivity index (χ1v) is 9.79. The van der Waals surface area contributed by atoms with E-state index in [0.29, 0.717) is 16.0 Å². The molecule has 30 heavy (non-hydrogen) atoms. The zero-order valence-corrected chi connectivity index (χ0v) is 17.2. The Bertz CT molecular complexity index is 1100. The van der Waals surface area contributed by atoms with Gasteiger partial charge in [-0.25, -0.2) is 9.59 Å². The Morgan fingerprint density at radius 2 is 1.57 bits per heavy atom. The largest absolute Gasteiger partial charge is 0.465 e. The third kappa shape index (κ3) is 4.82. The van der Waals surface area contributed by atoms with E-state index in [1.165, 1.54) is 25.6 Å².